The summed E-state index contributed by atoms with van der Waals surface area (Å²) in [4.78, 5) is 26.8. The molecule has 2 aromatic carbocycles. The normalized spacial score (nSPS) is 11.9. The van der Waals surface area contributed by atoms with Gasteiger partial charge in [-0.15, -0.1) is 0 Å². The number of nitrogens with one attached hydrogen (secondary N) is 3. The van der Waals surface area contributed by atoms with Gasteiger partial charge in [0.1, 0.15) is 6.04 Å². The maximum atomic E-state index is 12.1. The van der Waals surface area contributed by atoms with Gasteiger partial charge in [-0.1, -0.05) is 48.0 Å². The van der Waals surface area contributed by atoms with Crippen LogP contribution in [0.2, 0.25) is 5.02 Å². The molecule has 1 heterocycles. The molecule has 1 unspecified atom stereocenters. The highest BCUT2D eigenvalue weighted by atomic mass is 35.5. The first kappa shape index (κ1) is 17.8. The number of aromatic amines is 1. The van der Waals surface area contributed by atoms with Gasteiger partial charge in [0.2, 0.25) is 0 Å². The Labute approximate surface area is 155 Å². The van der Waals surface area contributed by atoms with E-state index in [1.54, 1.807) is 24.4 Å². The predicted octanol–water partition coefficient (Wildman–Crippen LogP) is 3.32. The van der Waals surface area contributed by atoms with Crippen LogP contribution in [0.3, 0.4) is 0 Å². The summed E-state index contributed by atoms with van der Waals surface area (Å²) in [5.41, 5.74) is 2.52. The summed E-state index contributed by atoms with van der Waals surface area (Å²) in [5, 5.41) is 16.1. The third kappa shape index (κ3) is 4.15. The minimum Gasteiger partial charge on any atom is -0.480 e. The summed E-state index contributed by atoms with van der Waals surface area (Å²) in [6, 6.07) is 13.2. The van der Waals surface area contributed by atoms with Gasteiger partial charge in [-0.05, 0) is 23.3 Å². The molecule has 0 aliphatic heterocycles. The topological polar surface area (TPSA) is 94.2 Å². The number of aliphatic carboxylic acids is 1. The number of aromatic nitrogens is 1. The molecule has 0 spiro atoms. The van der Waals surface area contributed by atoms with Gasteiger partial charge >= 0.3 is 12.0 Å². The molecule has 0 bridgehead atoms. The second kappa shape index (κ2) is 7.93. The first-order valence-corrected chi connectivity index (χ1v) is 8.48. The van der Waals surface area contributed by atoms with Crippen molar-refractivity contribution in [2.24, 2.45) is 0 Å². The van der Waals surface area contributed by atoms with Crippen molar-refractivity contribution in [3.05, 3.63) is 70.9 Å². The predicted molar refractivity (Wildman–Crippen MR) is 100 cm³/mol. The number of carboxylic acid groups (broad SMARTS) is 1. The molecule has 0 saturated carbocycles. The van der Waals surface area contributed by atoms with Crippen LogP contribution in [0.1, 0.15) is 11.1 Å². The number of urea groups is 1. The number of carbonyl (C=O) groups is 2. The van der Waals surface area contributed by atoms with E-state index >= 15 is 0 Å². The minimum absolute atomic E-state index is 0.179. The number of carbonyl (C=O) groups excluding carboxylic acids is 1. The minimum atomic E-state index is -1.09. The lowest BCUT2D eigenvalue weighted by molar-refractivity contribution is -0.139. The fraction of sp³-hybridized carbons (Fsp3) is 0.158. The van der Waals surface area contributed by atoms with Crippen molar-refractivity contribution in [3.8, 4) is 0 Å². The lowest BCUT2D eigenvalue weighted by Crippen LogP contribution is -2.46. The van der Waals surface area contributed by atoms with Crippen LogP contribution >= 0.6 is 11.6 Å². The van der Waals surface area contributed by atoms with E-state index in [2.05, 4.69) is 15.6 Å². The molecule has 3 rings (SSSR count). The third-order valence-electron chi connectivity index (χ3n) is 4.10. The molecular weight excluding hydrogens is 354 g/mol. The Morgan fingerprint density at radius 3 is 2.58 bits per heavy atom. The molecule has 0 radical (unpaired) electrons. The fourth-order valence-electron chi connectivity index (χ4n) is 2.75. The highest BCUT2D eigenvalue weighted by molar-refractivity contribution is 6.31. The van der Waals surface area contributed by atoms with Gasteiger partial charge in [0.15, 0.2) is 0 Å². The molecule has 0 aliphatic rings. The molecule has 2 amide bonds. The first-order valence-electron chi connectivity index (χ1n) is 8.10. The van der Waals surface area contributed by atoms with Crippen LogP contribution in [0.25, 0.3) is 10.9 Å². The molecule has 6 nitrogen and oxygen atoms in total. The Balaban J connectivity index is 1.64. The average molecular weight is 372 g/mol. The average Bonchev–Trinajstić information content (AvgIpc) is 3.03. The van der Waals surface area contributed by atoms with E-state index in [1.807, 2.05) is 30.3 Å². The SMILES string of the molecule is O=C(NCc1ccccc1Cl)NC(Cc1c[nH]c2ccccc12)C(=O)O. The van der Waals surface area contributed by atoms with E-state index in [1.165, 1.54) is 0 Å². The number of H-pyrrole nitrogens is 1. The monoisotopic (exact) mass is 371 g/mol. The maximum absolute atomic E-state index is 12.1. The zero-order chi connectivity index (χ0) is 18.5. The number of halogens is 1. The van der Waals surface area contributed by atoms with E-state index in [9.17, 15) is 14.7 Å². The highest BCUT2D eigenvalue weighted by Crippen LogP contribution is 2.19. The van der Waals surface area contributed by atoms with Crippen molar-refractivity contribution >= 4 is 34.5 Å². The quantitative estimate of drug-likeness (QED) is 0.535. The zero-order valence-corrected chi connectivity index (χ0v) is 14.6. The van der Waals surface area contributed by atoms with Crippen molar-refractivity contribution in [2.75, 3.05) is 0 Å². The van der Waals surface area contributed by atoms with Gasteiger partial charge in [0, 0.05) is 35.1 Å². The molecule has 7 heteroatoms. The van der Waals surface area contributed by atoms with Gasteiger partial charge in [0.25, 0.3) is 0 Å². The summed E-state index contributed by atoms with van der Waals surface area (Å²) in [5.74, 6) is -1.09. The molecule has 1 aromatic heterocycles. The van der Waals surface area contributed by atoms with Gasteiger partial charge < -0.3 is 20.7 Å². The molecule has 134 valence electrons. The van der Waals surface area contributed by atoms with Crippen LogP contribution in [0.4, 0.5) is 4.79 Å². The Morgan fingerprint density at radius 2 is 1.81 bits per heavy atom. The number of amides is 2. The molecule has 0 aliphatic carbocycles. The molecule has 4 N–H and O–H groups in total. The lowest BCUT2D eigenvalue weighted by Gasteiger charge is -2.15. The smallest absolute Gasteiger partial charge is 0.326 e. The van der Waals surface area contributed by atoms with Gasteiger partial charge in [-0.2, -0.15) is 0 Å². The van der Waals surface area contributed by atoms with Gasteiger partial charge in [-0.3, -0.25) is 0 Å². The van der Waals surface area contributed by atoms with Crippen LogP contribution in [0, 0.1) is 0 Å². The van der Waals surface area contributed by atoms with E-state index < -0.39 is 18.0 Å². The molecule has 0 fully saturated rings. The maximum Gasteiger partial charge on any atom is 0.326 e. The second-order valence-electron chi connectivity index (χ2n) is 5.87. The lowest BCUT2D eigenvalue weighted by atomic mass is 10.1. The molecule has 26 heavy (non-hydrogen) atoms. The Morgan fingerprint density at radius 1 is 1.08 bits per heavy atom. The summed E-state index contributed by atoms with van der Waals surface area (Å²) in [6.07, 6.45) is 1.95. The second-order valence-corrected chi connectivity index (χ2v) is 6.28. The first-order chi connectivity index (χ1) is 12.5. The summed E-state index contributed by atoms with van der Waals surface area (Å²) < 4.78 is 0. The fourth-order valence-corrected chi connectivity index (χ4v) is 2.95. The van der Waals surface area contributed by atoms with Crippen LogP contribution in [0.5, 0.6) is 0 Å². The molecule has 1 atom stereocenters. The van der Waals surface area contributed by atoms with Crippen LogP contribution < -0.4 is 10.6 Å². The Bertz CT molecular complexity index is 938. The Hall–Kier alpha value is -2.99. The number of para-hydroxylation sites is 1. The molecule has 3 aromatic rings. The van der Waals surface area contributed by atoms with Crippen molar-refractivity contribution in [3.63, 3.8) is 0 Å². The number of benzene rings is 2. The zero-order valence-electron chi connectivity index (χ0n) is 13.8. The van der Waals surface area contributed by atoms with Gasteiger partial charge in [0.05, 0.1) is 0 Å². The van der Waals surface area contributed by atoms with Crippen LogP contribution in [-0.2, 0) is 17.8 Å². The molecule has 0 saturated heterocycles. The number of carboxylic acids is 1. The van der Waals surface area contributed by atoms with Gasteiger partial charge in [-0.25, -0.2) is 9.59 Å². The van der Waals surface area contributed by atoms with Crippen molar-refractivity contribution in [2.45, 2.75) is 19.0 Å². The van der Waals surface area contributed by atoms with E-state index in [4.69, 9.17) is 11.6 Å². The number of fused-ring (bicyclic) bond motifs is 1. The third-order valence-corrected chi connectivity index (χ3v) is 4.47. The molecular formula is C19H18ClN3O3. The van der Waals surface area contributed by atoms with Crippen LogP contribution in [-0.4, -0.2) is 28.1 Å². The van der Waals surface area contributed by atoms with Crippen molar-refractivity contribution in [1.29, 1.82) is 0 Å². The number of hydrogen-bond donors (Lipinski definition) is 4. The van der Waals surface area contributed by atoms with Crippen LogP contribution in [0.15, 0.2) is 54.7 Å². The van der Waals surface area contributed by atoms with E-state index in [0.29, 0.717) is 5.02 Å². The van der Waals surface area contributed by atoms with Crippen molar-refractivity contribution < 1.29 is 14.7 Å². The number of hydrogen-bond acceptors (Lipinski definition) is 2. The summed E-state index contributed by atoms with van der Waals surface area (Å²) in [7, 11) is 0. The standard InChI is InChI=1S/C19H18ClN3O3/c20-15-7-3-1-5-12(15)10-22-19(26)23-17(18(24)25)9-13-11-21-16-8-4-2-6-14(13)16/h1-8,11,17,21H,9-10H2,(H,24,25)(H2,22,23,26). The van der Waals surface area contributed by atoms with E-state index in [0.717, 1.165) is 22.0 Å². The van der Waals surface area contributed by atoms with Crippen molar-refractivity contribution in [1.82, 2.24) is 15.6 Å². The summed E-state index contributed by atoms with van der Waals surface area (Å²) >= 11 is 6.04. The Kier molecular flexibility index (Phi) is 5.43. The van der Waals surface area contributed by atoms with E-state index in [-0.39, 0.29) is 13.0 Å². The number of rotatable bonds is 6. The highest BCUT2D eigenvalue weighted by Gasteiger charge is 2.21. The largest absolute Gasteiger partial charge is 0.480 e. The summed E-state index contributed by atoms with van der Waals surface area (Å²) in [6.45, 7) is 0.213.